The third-order valence-corrected chi connectivity index (χ3v) is 0.262. The van der Waals surface area contributed by atoms with Crippen LogP contribution in [0.15, 0.2) is 0 Å². The molecule has 0 aromatic carbocycles. The van der Waals surface area contributed by atoms with E-state index in [0.717, 1.165) is 4.48 Å². The third-order valence-electron chi connectivity index (χ3n) is 0.262. The van der Waals surface area contributed by atoms with Crippen LogP contribution < -0.4 is 5.11 Å². The molecule has 0 amide bonds. The van der Waals surface area contributed by atoms with Gasteiger partial charge in [-0.3, -0.25) is 0 Å². The molecule has 0 aliphatic carbocycles. The lowest BCUT2D eigenvalue weighted by Crippen LogP contribution is -2.27. The first-order valence-corrected chi connectivity index (χ1v) is 3.40. The second-order valence-electron chi connectivity index (χ2n) is 3.37. The van der Waals surface area contributed by atoms with Gasteiger partial charge in [0.2, 0.25) is 0 Å². The Bertz CT molecular complexity index is 101. The van der Waals surface area contributed by atoms with Crippen LogP contribution in [0, 0.1) is 0 Å². The van der Waals surface area contributed by atoms with Crippen LogP contribution in [-0.2, 0) is 4.74 Å². The van der Waals surface area contributed by atoms with E-state index in [-0.39, 0.29) is 6.61 Å². The summed E-state index contributed by atoms with van der Waals surface area (Å²) >= 11 is 0. The van der Waals surface area contributed by atoms with Gasteiger partial charge in [0.1, 0.15) is 0 Å². The molecule has 0 radical (unpaired) electrons. The topological polar surface area (TPSA) is 49.4 Å². The summed E-state index contributed by atoms with van der Waals surface area (Å²) in [5.41, 5.74) is 0. The van der Waals surface area contributed by atoms with Gasteiger partial charge in [-0.2, -0.15) is 0 Å². The number of hydrogen-bond acceptors (Lipinski definition) is 3. The van der Waals surface area contributed by atoms with Crippen LogP contribution in [0.4, 0.5) is 4.79 Å². The zero-order chi connectivity index (χ0) is 9.49. The van der Waals surface area contributed by atoms with Crippen molar-refractivity contribution >= 4 is 6.16 Å². The van der Waals surface area contributed by atoms with Crippen molar-refractivity contribution in [3.05, 3.63) is 0 Å². The number of nitrogens with zero attached hydrogens (tertiary/aromatic N) is 1. The van der Waals surface area contributed by atoms with E-state index in [4.69, 9.17) is 0 Å². The van der Waals surface area contributed by atoms with Crippen LogP contribution in [0.1, 0.15) is 6.92 Å². The summed E-state index contributed by atoms with van der Waals surface area (Å²) in [6.45, 7) is 1.75. The van der Waals surface area contributed by atoms with E-state index in [1.807, 2.05) is 0 Å². The molecule has 0 unspecified atom stereocenters. The zero-order valence-electron chi connectivity index (χ0n) is 7.88. The number of quaternary nitrogens is 1. The average Bonchev–Trinajstić information content (AvgIpc) is 1.58. The van der Waals surface area contributed by atoms with Gasteiger partial charge in [0, 0.05) is 6.61 Å². The van der Waals surface area contributed by atoms with Crippen LogP contribution in [0.3, 0.4) is 0 Å². The minimum atomic E-state index is -1.46. The molecule has 4 nitrogen and oxygen atoms in total. The molecule has 0 heterocycles. The molecule has 0 aliphatic heterocycles. The van der Waals surface area contributed by atoms with Crippen molar-refractivity contribution in [2.24, 2.45) is 0 Å². The smallest absolute Gasteiger partial charge is 0.251 e. The molecule has 4 heteroatoms. The highest BCUT2D eigenvalue weighted by Gasteiger charge is 1.88. The summed E-state index contributed by atoms with van der Waals surface area (Å²) in [6.07, 6.45) is -1.46. The second kappa shape index (κ2) is 5.97. The quantitative estimate of drug-likeness (QED) is 0.393. The predicted octanol–water partition coefficient (Wildman–Crippen LogP) is -0.311. The molecule has 0 atom stereocenters. The first-order valence-electron chi connectivity index (χ1n) is 3.40. The van der Waals surface area contributed by atoms with Crippen molar-refractivity contribution < 1.29 is 19.1 Å². The fourth-order valence-corrected chi connectivity index (χ4v) is 0.118. The summed E-state index contributed by atoms with van der Waals surface area (Å²) in [5.74, 6) is 0. The lowest BCUT2D eigenvalue weighted by Gasteiger charge is -2.14. The molecule has 0 bridgehead atoms. The maximum Gasteiger partial charge on any atom is 0.251 e. The predicted molar refractivity (Wildman–Crippen MR) is 41.0 cm³/mol. The minimum absolute atomic E-state index is 0.169. The summed E-state index contributed by atoms with van der Waals surface area (Å²) in [4.78, 5) is 9.27. The average molecular weight is 163 g/mol. The Labute approximate surface area is 68.0 Å². The van der Waals surface area contributed by atoms with E-state index in [9.17, 15) is 9.90 Å². The Morgan fingerprint density at radius 1 is 1.36 bits per heavy atom. The molecule has 0 fully saturated rings. The Balaban J connectivity index is 0. The van der Waals surface area contributed by atoms with Gasteiger partial charge < -0.3 is 19.1 Å². The minimum Gasteiger partial charge on any atom is -0.550 e. The third kappa shape index (κ3) is 97.0. The van der Waals surface area contributed by atoms with E-state index in [2.05, 4.69) is 32.9 Å². The van der Waals surface area contributed by atoms with E-state index >= 15 is 0 Å². The molecule has 0 aromatic heterocycles. The standard InChI is InChI=1S/C4H12N.C3H6O3/c1-5(2,3)4;1-2-6-3(4)5/h1-4H3;2H2,1H3,(H,4,5)/q+1;/p-1. The molecular weight excluding hydrogens is 146 g/mol. The number of hydrogen-bond donors (Lipinski definition) is 0. The molecule has 0 saturated heterocycles. The number of ether oxygens (including phenoxy) is 1. The summed E-state index contributed by atoms with van der Waals surface area (Å²) < 4.78 is 4.85. The van der Waals surface area contributed by atoms with Gasteiger partial charge in [-0.1, -0.05) is 0 Å². The molecule has 0 N–H and O–H groups in total. The molecule has 0 rings (SSSR count). The van der Waals surface area contributed by atoms with Crippen LogP contribution in [0.5, 0.6) is 0 Å². The van der Waals surface area contributed by atoms with Gasteiger partial charge in [0.25, 0.3) is 6.16 Å². The first kappa shape index (κ1) is 12.9. The summed E-state index contributed by atoms with van der Waals surface area (Å²) in [5, 5.41) is 9.27. The van der Waals surface area contributed by atoms with E-state index < -0.39 is 6.16 Å². The zero-order valence-corrected chi connectivity index (χ0v) is 7.88. The normalized spacial score (nSPS) is 9.55. The Morgan fingerprint density at radius 2 is 1.64 bits per heavy atom. The molecule has 11 heavy (non-hydrogen) atoms. The monoisotopic (exact) mass is 163 g/mol. The van der Waals surface area contributed by atoms with Gasteiger partial charge in [0.15, 0.2) is 0 Å². The number of rotatable bonds is 1. The van der Waals surface area contributed by atoms with Crippen molar-refractivity contribution in [2.45, 2.75) is 6.92 Å². The number of carbonyl (C=O) groups excluding carboxylic acids is 1. The van der Waals surface area contributed by atoms with Gasteiger partial charge >= 0.3 is 0 Å². The van der Waals surface area contributed by atoms with E-state index in [0.29, 0.717) is 0 Å². The number of carbonyl (C=O) groups is 1. The fraction of sp³-hybridized carbons (Fsp3) is 0.857. The van der Waals surface area contributed by atoms with Gasteiger partial charge in [-0.25, -0.2) is 0 Å². The van der Waals surface area contributed by atoms with Crippen LogP contribution in [0.25, 0.3) is 0 Å². The van der Waals surface area contributed by atoms with Crippen molar-refractivity contribution in [1.29, 1.82) is 0 Å². The number of carboxylic acid groups (broad SMARTS) is 1. The van der Waals surface area contributed by atoms with E-state index in [1.165, 1.54) is 0 Å². The van der Waals surface area contributed by atoms with Gasteiger partial charge in [0.05, 0.1) is 28.2 Å². The van der Waals surface area contributed by atoms with Crippen molar-refractivity contribution in [3.63, 3.8) is 0 Å². The molecular formula is C7H17NO3. The highest BCUT2D eigenvalue weighted by molar-refractivity contribution is 5.53. The van der Waals surface area contributed by atoms with E-state index in [1.54, 1.807) is 6.92 Å². The Morgan fingerprint density at radius 3 is 1.64 bits per heavy atom. The Kier molecular flexibility index (Phi) is 6.99. The van der Waals surface area contributed by atoms with Gasteiger partial charge in [-0.05, 0) is 6.92 Å². The van der Waals surface area contributed by atoms with Crippen LogP contribution >= 0.6 is 0 Å². The van der Waals surface area contributed by atoms with Crippen LogP contribution in [-0.4, -0.2) is 45.4 Å². The summed E-state index contributed by atoms with van der Waals surface area (Å²) in [6, 6.07) is 0. The molecule has 68 valence electrons. The highest BCUT2D eigenvalue weighted by Crippen LogP contribution is 1.73. The van der Waals surface area contributed by atoms with Gasteiger partial charge in [-0.15, -0.1) is 0 Å². The summed E-state index contributed by atoms with van der Waals surface area (Å²) in [7, 11) is 8.50. The largest absolute Gasteiger partial charge is 0.550 e. The maximum atomic E-state index is 9.27. The molecule has 0 saturated carbocycles. The molecule has 0 spiro atoms. The lowest BCUT2D eigenvalue weighted by molar-refractivity contribution is -0.849. The van der Waals surface area contributed by atoms with Crippen molar-refractivity contribution in [1.82, 2.24) is 0 Å². The van der Waals surface area contributed by atoms with Crippen LogP contribution in [0.2, 0.25) is 0 Å². The highest BCUT2D eigenvalue weighted by atomic mass is 16.7. The molecule has 0 aromatic rings. The maximum absolute atomic E-state index is 9.27. The Hall–Kier alpha value is -0.770. The van der Waals surface area contributed by atoms with Crippen molar-refractivity contribution in [2.75, 3.05) is 34.8 Å². The first-order chi connectivity index (χ1) is 4.77. The second-order valence-corrected chi connectivity index (χ2v) is 3.37. The van der Waals surface area contributed by atoms with Crippen molar-refractivity contribution in [3.8, 4) is 0 Å². The molecule has 0 aliphatic rings. The fourth-order valence-electron chi connectivity index (χ4n) is 0.118. The SMILES string of the molecule is CCOC(=O)[O-].C[N+](C)(C)C. The lowest BCUT2D eigenvalue weighted by atomic mass is 10.8.